The molecule has 9 heteroatoms. The highest BCUT2D eigenvalue weighted by molar-refractivity contribution is 6.04. The fourth-order valence-electron chi connectivity index (χ4n) is 4.37. The first-order valence-corrected chi connectivity index (χ1v) is 12.1. The SMILES string of the molecule is CC[C@@H](C)NC(=O)c1cc(N2CCC(C3=NCc4ncccc43)CC2)nc(O[C@H](C)COC)n1. The molecule has 0 unspecified atom stereocenters. The zero-order chi connectivity index (χ0) is 24.1. The number of pyridine rings is 1. The number of fused-ring (bicyclic) bond motifs is 1. The van der Waals surface area contributed by atoms with Crippen LogP contribution in [-0.4, -0.2) is 65.5 Å². The number of nitrogens with zero attached hydrogens (tertiary/aromatic N) is 5. The molecule has 2 aliphatic rings. The van der Waals surface area contributed by atoms with Gasteiger partial charge in [0.1, 0.15) is 17.6 Å². The first kappa shape index (κ1) is 24.1. The number of hydrogen-bond donors (Lipinski definition) is 1. The molecule has 182 valence electrons. The zero-order valence-electron chi connectivity index (χ0n) is 20.5. The molecule has 4 heterocycles. The Kier molecular flexibility index (Phi) is 7.72. The van der Waals surface area contributed by atoms with Crippen LogP contribution in [0.2, 0.25) is 0 Å². The topological polar surface area (TPSA) is 102 Å². The second-order valence-corrected chi connectivity index (χ2v) is 9.02. The molecule has 1 amide bonds. The molecule has 2 aliphatic heterocycles. The Morgan fingerprint density at radius 2 is 2.06 bits per heavy atom. The van der Waals surface area contributed by atoms with Crippen LogP contribution in [0.4, 0.5) is 5.82 Å². The average Bonchev–Trinajstić information content (AvgIpc) is 3.28. The van der Waals surface area contributed by atoms with Crippen molar-refractivity contribution in [3.05, 3.63) is 41.3 Å². The lowest BCUT2D eigenvalue weighted by atomic mass is 9.88. The van der Waals surface area contributed by atoms with Gasteiger partial charge < -0.3 is 19.7 Å². The molecule has 1 saturated heterocycles. The molecule has 2 aromatic heterocycles. The van der Waals surface area contributed by atoms with Gasteiger partial charge in [-0.1, -0.05) is 6.92 Å². The van der Waals surface area contributed by atoms with Gasteiger partial charge in [-0.25, -0.2) is 0 Å². The van der Waals surface area contributed by atoms with Crippen LogP contribution < -0.4 is 15.0 Å². The van der Waals surface area contributed by atoms with Gasteiger partial charge in [-0.05, 0) is 45.2 Å². The van der Waals surface area contributed by atoms with Crippen molar-refractivity contribution < 1.29 is 14.3 Å². The Morgan fingerprint density at radius 1 is 1.26 bits per heavy atom. The summed E-state index contributed by atoms with van der Waals surface area (Å²) in [6.07, 6.45) is 4.36. The normalized spacial score (nSPS) is 17.6. The van der Waals surface area contributed by atoms with E-state index in [1.807, 2.05) is 33.0 Å². The van der Waals surface area contributed by atoms with E-state index < -0.39 is 0 Å². The van der Waals surface area contributed by atoms with E-state index in [0.717, 1.165) is 38.0 Å². The van der Waals surface area contributed by atoms with Crippen molar-refractivity contribution >= 4 is 17.4 Å². The fraction of sp³-hybridized carbons (Fsp3) is 0.560. The van der Waals surface area contributed by atoms with Gasteiger partial charge in [-0.15, -0.1) is 0 Å². The standard InChI is InChI=1S/C25H34N6O3/c1-5-16(2)28-24(32)20-13-22(30-25(29-20)34-17(3)15-33-4)31-11-8-18(9-12-31)23-19-7-6-10-26-21(19)14-27-23/h6-7,10,13,16-18H,5,8-9,11-12,14-15H2,1-4H3,(H,28,32)/t16-,17-/m1/s1. The van der Waals surface area contributed by atoms with Crippen LogP contribution in [0.15, 0.2) is 29.4 Å². The molecule has 0 bridgehead atoms. The van der Waals surface area contributed by atoms with E-state index >= 15 is 0 Å². The van der Waals surface area contributed by atoms with E-state index in [1.54, 1.807) is 13.2 Å². The summed E-state index contributed by atoms with van der Waals surface area (Å²) < 4.78 is 11.0. The van der Waals surface area contributed by atoms with E-state index in [2.05, 4.69) is 31.2 Å². The molecule has 0 aliphatic carbocycles. The maximum atomic E-state index is 12.8. The van der Waals surface area contributed by atoms with E-state index in [9.17, 15) is 4.79 Å². The molecule has 0 spiro atoms. The van der Waals surface area contributed by atoms with Crippen molar-refractivity contribution in [3.8, 4) is 6.01 Å². The van der Waals surface area contributed by atoms with Gasteiger partial charge in [-0.2, -0.15) is 9.97 Å². The van der Waals surface area contributed by atoms with Gasteiger partial charge in [0.15, 0.2) is 0 Å². The number of hydrogen-bond acceptors (Lipinski definition) is 8. The number of amides is 1. The number of nitrogens with one attached hydrogen (secondary N) is 1. The Bertz CT molecular complexity index is 1040. The Labute approximate surface area is 201 Å². The lowest BCUT2D eigenvalue weighted by Crippen LogP contribution is -2.37. The summed E-state index contributed by atoms with van der Waals surface area (Å²) in [4.78, 5) is 33.3. The molecule has 2 atom stereocenters. The molecule has 0 radical (unpaired) electrons. The minimum absolute atomic E-state index is 0.0583. The first-order valence-electron chi connectivity index (χ1n) is 12.1. The summed E-state index contributed by atoms with van der Waals surface area (Å²) in [6, 6.07) is 6.12. The van der Waals surface area contributed by atoms with Crippen molar-refractivity contribution in [3.63, 3.8) is 0 Å². The highest BCUT2D eigenvalue weighted by atomic mass is 16.5. The minimum atomic E-state index is -0.231. The summed E-state index contributed by atoms with van der Waals surface area (Å²) in [6.45, 7) is 8.61. The second kappa shape index (κ2) is 10.9. The highest BCUT2D eigenvalue weighted by Crippen LogP contribution is 2.30. The summed E-state index contributed by atoms with van der Waals surface area (Å²) in [5.41, 5.74) is 3.75. The van der Waals surface area contributed by atoms with Crippen molar-refractivity contribution in [2.75, 3.05) is 31.7 Å². The van der Waals surface area contributed by atoms with Gasteiger partial charge in [0, 0.05) is 55.7 Å². The fourth-order valence-corrected chi connectivity index (χ4v) is 4.37. The molecule has 2 aromatic rings. The van der Waals surface area contributed by atoms with Crippen molar-refractivity contribution in [1.82, 2.24) is 20.3 Å². The lowest BCUT2D eigenvalue weighted by Gasteiger charge is -2.33. The molecular weight excluding hydrogens is 432 g/mol. The molecule has 0 aromatic carbocycles. The number of rotatable bonds is 9. The van der Waals surface area contributed by atoms with Gasteiger partial charge in [0.05, 0.1) is 18.8 Å². The summed E-state index contributed by atoms with van der Waals surface area (Å²) in [5, 5.41) is 2.99. The van der Waals surface area contributed by atoms with E-state index in [0.29, 0.717) is 30.6 Å². The van der Waals surface area contributed by atoms with Gasteiger partial charge in [-0.3, -0.25) is 14.8 Å². The van der Waals surface area contributed by atoms with Crippen LogP contribution in [0.25, 0.3) is 0 Å². The number of carbonyl (C=O) groups excluding carboxylic acids is 1. The Balaban J connectivity index is 1.50. The summed E-state index contributed by atoms with van der Waals surface area (Å²) >= 11 is 0. The number of carbonyl (C=O) groups is 1. The average molecular weight is 467 g/mol. The van der Waals surface area contributed by atoms with Crippen molar-refractivity contribution in [2.24, 2.45) is 10.9 Å². The molecule has 1 fully saturated rings. The maximum Gasteiger partial charge on any atom is 0.319 e. The lowest BCUT2D eigenvalue weighted by molar-refractivity contribution is 0.0841. The maximum absolute atomic E-state index is 12.8. The Morgan fingerprint density at radius 3 is 2.79 bits per heavy atom. The number of piperidine rings is 1. The van der Waals surface area contributed by atoms with Gasteiger partial charge in [0.2, 0.25) is 0 Å². The van der Waals surface area contributed by atoms with Crippen molar-refractivity contribution in [1.29, 1.82) is 0 Å². The predicted molar refractivity (Wildman–Crippen MR) is 131 cm³/mol. The first-order chi connectivity index (χ1) is 16.5. The second-order valence-electron chi connectivity index (χ2n) is 9.02. The monoisotopic (exact) mass is 466 g/mol. The van der Waals surface area contributed by atoms with Crippen molar-refractivity contribution in [2.45, 2.75) is 58.7 Å². The summed E-state index contributed by atoms with van der Waals surface area (Å²) in [5.74, 6) is 0.883. The molecule has 4 rings (SSSR count). The van der Waals surface area contributed by atoms with Gasteiger partial charge in [0.25, 0.3) is 5.91 Å². The van der Waals surface area contributed by atoms with Crippen LogP contribution in [0.1, 0.15) is 61.8 Å². The Hall–Kier alpha value is -3.07. The number of ether oxygens (including phenoxy) is 2. The zero-order valence-corrected chi connectivity index (χ0v) is 20.5. The third kappa shape index (κ3) is 5.52. The highest BCUT2D eigenvalue weighted by Gasteiger charge is 2.29. The molecule has 34 heavy (non-hydrogen) atoms. The quantitative estimate of drug-likeness (QED) is 0.606. The van der Waals surface area contributed by atoms with Gasteiger partial charge >= 0.3 is 6.01 Å². The number of aromatic nitrogens is 3. The van der Waals surface area contributed by atoms with E-state index in [1.165, 1.54) is 11.3 Å². The number of anilines is 1. The minimum Gasteiger partial charge on any atom is -0.458 e. The largest absolute Gasteiger partial charge is 0.458 e. The number of methoxy groups -OCH3 is 1. The number of aliphatic imine (C=N–C) groups is 1. The van der Waals surface area contributed by atoms with Crippen LogP contribution >= 0.6 is 0 Å². The van der Waals surface area contributed by atoms with E-state index in [-0.39, 0.29) is 24.1 Å². The summed E-state index contributed by atoms with van der Waals surface area (Å²) in [7, 11) is 1.62. The van der Waals surface area contributed by atoms with Crippen LogP contribution in [0.5, 0.6) is 6.01 Å². The van der Waals surface area contributed by atoms with Crippen LogP contribution in [0.3, 0.4) is 0 Å². The molecule has 0 saturated carbocycles. The molecule has 9 nitrogen and oxygen atoms in total. The molecular formula is C25H34N6O3. The van der Waals surface area contributed by atoms with E-state index in [4.69, 9.17) is 14.5 Å². The third-order valence-corrected chi connectivity index (χ3v) is 6.39. The third-order valence-electron chi connectivity index (χ3n) is 6.39. The van der Waals surface area contributed by atoms with Crippen LogP contribution in [0, 0.1) is 5.92 Å². The smallest absolute Gasteiger partial charge is 0.319 e. The molecule has 1 N–H and O–H groups in total. The van der Waals surface area contributed by atoms with Crippen LogP contribution in [-0.2, 0) is 11.3 Å². The predicted octanol–water partition coefficient (Wildman–Crippen LogP) is 3.03.